The Morgan fingerprint density at radius 1 is 0.839 bits per heavy atom. The standard InChI is InChI=1S/C22H14F6N2O/c23-21(24,25)19-6-2-4-15(29-19)12-16-11-14-3-1-5-18(20(14)30-16)13-7-9-17(10-8-13)31-22(26,27)28/h1-11,30H,12H2. The molecule has 0 spiro atoms. The van der Waals surface area contributed by atoms with E-state index in [0.717, 1.165) is 17.0 Å². The molecule has 0 aliphatic heterocycles. The van der Waals surface area contributed by atoms with E-state index in [1.54, 1.807) is 12.1 Å². The molecule has 9 heteroatoms. The van der Waals surface area contributed by atoms with Crippen LogP contribution in [0, 0.1) is 0 Å². The molecule has 4 rings (SSSR count). The number of pyridine rings is 1. The fourth-order valence-corrected chi connectivity index (χ4v) is 3.32. The summed E-state index contributed by atoms with van der Waals surface area (Å²) in [7, 11) is 0. The zero-order chi connectivity index (χ0) is 22.2. The smallest absolute Gasteiger partial charge is 0.406 e. The van der Waals surface area contributed by atoms with Crippen LogP contribution in [0.3, 0.4) is 0 Å². The molecule has 31 heavy (non-hydrogen) atoms. The van der Waals surface area contributed by atoms with Gasteiger partial charge < -0.3 is 9.72 Å². The Balaban J connectivity index is 1.63. The summed E-state index contributed by atoms with van der Waals surface area (Å²) in [5.74, 6) is -0.328. The molecule has 0 bridgehead atoms. The third kappa shape index (κ3) is 4.82. The Morgan fingerprint density at radius 3 is 2.23 bits per heavy atom. The molecule has 2 aromatic heterocycles. The van der Waals surface area contributed by atoms with Gasteiger partial charge in [0.15, 0.2) is 0 Å². The van der Waals surface area contributed by atoms with Crippen molar-refractivity contribution in [1.82, 2.24) is 9.97 Å². The maximum Gasteiger partial charge on any atom is 0.573 e. The lowest BCUT2D eigenvalue weighted by molar-refractivity contribution is -0.274. The Hall–Kier alpha value is -3.49. The van der Waals surface area contributed by atoms with E-state index >= 15 is 0 Å². The lowest BCUT2D eigenvalue weighted by Gasteiger charge is -2.10. The number of ether oxygens (including phenoxy) is 1. The van der Waals surface area contributed by atoms with Crippen molar-refractivity contribution in [3.63, 3.8) is 0 Å². The van der Waals surface area contributed by atoms with E-state index in [2.05, 4.69) is 14.7 Å². The summed E-state index contributed by atoms with van der Waals surface area (Å²) in [6, 6.07) is 16.4. The monoisotopic (exact) mass is 436 g/mol. The van der Waals surface area contributed by atoms with E-state index in [1.807, 2.05) is 12.1 Å². The van der Waals surface area contributed by atoms with Gasteiger partial charge in [0.25, 0.3) is 0 Å². The number of aromatic nitrogens is 2. The van der Waals surface area contributed by atoms with Crippen LogP contribution in [-0.4, -0.2) is 16.3 Å². The average Bonchev–Trinajstić information content (AvgIpc) is 3.09. The number of rotatable bonds is 4. The van der Waals surface area contributed by atoms with Crippen molar-refractivity contribution >= 4 is 10.9 Å². The van der Waals surface area contributed by atoms with Crippen LogP contribution >= 0.6 is 0 Å². The van der Waals surface area contributed by atoms with E-state index in [1.165, 1.54) is 36.4 Å². The normalized spacial score (nSPS) is 12.3. The molecular weight excluding hydrogens is 422 g/mol. The summed E-state index contributed by atoms with van der Waals surface area (Å²) in [4.78, 5) is 6.87. The molecule has 0 unspecified atom stereocenters. The number of para-hydroxylation sites is 1. The first-order valence-electron chi connectivity index (χ1n) is 9.08. The third-order valence-electron chi connectivity index (χ3n) is 4.58. The number of H-pyrrole nitrogens is 1. The maximum absolute atomic E-state index is 12.9. The lowest BCUT2D eigenvalue weighted by atomic mass is 10.0. The molecule has 160 valence electrons. The molecule has 3 nitrogen and oxygen atoms in total. The zero-order valence-corrected chi connectivity index (χ0v) is 15.7. The van der Waals surface area contributed by atoms with Crippen molar-refractivity contribution in [2.75, 3.05) is 0 Å². The number of nitrogens with zero attached hydrogens (tertiary/aromatic N) is 1. The molecule has 0 aliphatic rings. The fourth-order valence-electron chi connectivity index (χ4n) is 3.32. The Labute approximate surface area is 172 Å². The van der Waals surface area contributed by atoms with Crippen LogP contribution in [0.5, 0.6) is 5.75 Å². The van der Waals surface area contributed by atoms with Gasteiger partial charge >= 0.3 is 12.5 Å². The number of hydrogen-bond acceptors (Lipinski definition) is 2. The summed E-state index contributed by atoms with van der Waals surface area (Å²) in [5.41, 5.74) is 2.07. The van der Waals surface area contributed by atoms with E-state index in [9.17, 15) is 26.3 Å². The van der Waals surface area contributed by atoms with Gasteiger partial charge in [-0.05, 0) is 35.9 Å². The molecule has 2 aromatic carbocycles. The Kier molecular flexibility index (Phi) is 5.12. The van der Waals surface area contributed by atoms with Gasteiger partial charge in [-0.2, -0.15) is 13.2 Å². The first kappa shape index (κ1) is 20.8. The van der Waals surface area contributed by atoms with Crippen LogP contribution < -0.4 is 4.74 Å². The molecule has 0 radical (unpaired) electrons. The number of halogens is 6. The molecule has 4 aromatic rings. The van der Waals surface area contributed by atoms with Gasteiger partial charge in [0.2, 0.25) is 0 Å². The van der Waals surface area contributed by atoms with Crippen molar-refractivity contribution in [3.8, 4) is 16.9 Å². The molecule has 1 N–H and O–H groups in total. The predicted octanol–water partition coefficient (Wildman–Crippen LogP) is 6.74. The Bertz CT molecular complexity index is 1210. The van der Waals surface area contributed by atoms with E-state index < -0.39 is 18.2 Å². The highest BCUT2D eigenvalue weighted by Crippen LogP contribution is 2.32. The summed E-state index contributed by atoms with van der Waals surface area (Å²) in [6.07, 6.45) is -9.13. The SMILES string of the molecule is FC(F)(F)Oc1ccc(-c2cccc3cc(Cc4cccc(C(F)(F)F)n4)[nH]c23)cc1. The third-order valence-corrected chi connectivity index (χ3v) is 4.58. The number of hydrogen-bond donors (Lipinski definition) is 1. The van der Waals surface area contributed by atoms with Crippen LogP contribution in [0.15, 0.2) is 66.7 Å². The minimum Gasteiger partial charge on any atom is -0.406 e. The topological polar surface area (TPSA) is 37.9 Å². The van der Waals surface area contributed by atoms with Gasteiger partial charge in [-0.15, -0.1) is 13.2 Å². The Morgan fingerprint density at radius 2 is 1.55 bits per heavy atom. The summed E-state index contributed by atoms with van der Waals surface area (Å²) in [6.45, 7) is 0. The van der Waals surface area contributed by atoms with Crippen molar-refractivity contribution in [3.05, 3.63) is 83.8 Å². The highest BCUT2D eigenvalue weighted by atomic mass is 19.4. The largest absolute Gasteiger partial charge is 0.573 e. The highest BCUT2D eigenvalue weighted by molar-refractivity contribution is 5.94. The van der Waals surface area contributed by atoms with Crippen LogP contribution in [0.2, 0.25) is 0 Å². The van der Waals surface area contributed by atoms with E-state index in [0.29, 0.717) is 16.8 Å². The second kappa shape index (κ2) is 7.64. The quantitative estimate of drug-likeness (QED) is 0.360. The minimum absolute atomic E-state index is 0.163. The van der Waals surface area contributed by atoms with Crippen LogP contribution in [0.1, 0.15) is 17.1 Å². The van der Waals surface area contributed by atoms with Crippen LogP contribution in [0.25, 0.3) is 22.0 Å². The first-order chi connectivity index (χ1) is 14.6. The highest BCUT2D eigenvalue weighted by Gasteiger charge is 2.32. The van der Waals surface area contributed by atoms with Gasteiger partial charge in [-0.1, -0.05) is 36.4 Å². The number of benzene rings is 2. The number of alkyl halides is 6. The summed E-state index contributed by atoms with van der Waals surface area (Å²) in [5, 5.41) is 0.815. The lowest BCUT2D eigenvalue weighted by Crippen LogP contribution is -2.16. The zero-order valence-electron chi connectivity index (χ0n) is 15.7. The second-order valence-corrected chi connectivity index (χ2v) is 6.83. The molecule has 0 fully saturated rings. The molecule has 0 amide bonds. The van der Waals surface area contributed by atoms with Crippen LogP contribution in [0.4, 0.5) is 26.3 Å². The molecule has 2 heterocycles. The number of fused-ring (bicyclic) bond motifs is 1. The molecule has 0 atom stereocenters. The van der Waals surface area contributed by atoms with Gasteiger partial charge in [0, 0.05) is 28.8 Å². The van der Waals surface area contributed by atoms with Gasteiger partial charge in [0.05, 0.1) is 5.52 Å². The van der Waals surface area contributed by atoms with Crippen molar-refractivity contribution in [2.45, 2.75) is 19.0 Å². The molecule has 0 aliphatic carbocycles. The van der Waals surface area contributed by atoms with Crippen molar-refractivity contribution in [2.24, 2.45) is 0 Å². The fraction of sp³-hybridized carbons (Fsp3) is 0.136. The maximum atomic E-state index is 12.9. The van der Waals surface area contributed by atoms with Gasteiger partial charge in [0.1, 0.15) is 11.4 Å². The van der Waals surface area contributed by atoms with E-state index in [-0.39, 0.29) is 17.9 Å². The van der Waals surface area contributed by atoms with Gasteiger partial charge in [-0.25, -0.2) is 4.98 Å². The summed E-state index contributed by atoms with van der Waals surface area (Å²) < 4.78 is 79.6. The van der Waals surface area contributed by atoms with Gasteiger partial charge in [-0.3, -0.25) is 0 Å². The predicted molar refractivity (Wildman–Crippen MR) is 102 cm³/mol. The first-order valence-corrected chi connectivity index (χ1v) is 9.08. The van der Waals surface area contributed by atoms with E-state index in [4.69, 9.17) is 0 Å². The minimum atomic E-state index is -4.77. The number of nitrogens with one attached hydrogen (secondary N) is 1. The van der Waals surface area contributed by atoms with Crippen molar-refractivity contribution in [1.29, 1.82) is 0 Å². The summed E-state index contributed by atoms with van der Waals surface area (Å²) >= 11 is 0. The molecular formula is C22H14F6N2O. The average molecular weight is 436 g/mol. The van der Waals surface area contributed by atoms with Crippen molar-refractivity contribution < 1.29 is 31.1 Å². The molecule has 0 saturated carbocycles. The van der Waals surface area contributed by atoms with Crippen LogP contribution in [-0.2, 0) is 12.6 Å². The molecule has 0 saturated heterocycles. The second-order valence-electron chi connectivity index (χ2n) is 6.83. The number of aromatic amines is 1.